The van der Waals surface area contributed by atoms with Gasteiger partial charge in [-0.1, -0.05) is 18.2 Å². The monoisotopic (exact) mass is 334 g/mol. The van der Waals surface area contributed by atoms with E-state index in [1.165, 1.54) is 0 Å². The number of benzene rings is 2. The Kier molecular flexibility index (Phi) is 3.70. The number of hydrogen-bond acceptors (Lipinski definition) is 5. The van der Waals surface area contributed by atoms with Gasteiger partial charge in [0.1, 0.15) is 16.7 Å². The number of anilines is 1. The van der Waals surface area contributed by atoms with Crippen molar-refractivity contribution in [3.05, 3.63) is 58.5 Å². The summed E-state index contributed by atoms with van der Waals surface area (Å²) >= 11 is 0. The summed E-state index contributed by atoms with van der Waals surface area (Å²) in [5, 5.41) is 13.3. The summed E-state index contributed by atoms with van der Waals surface area (Å²) in [6, 6.07) is 12.6. The number of para-hydroxylation sites is 3. The van der Waals surface area contributed by atoms with Crippen molar-refractivity contribution in [2.24, 2.45) is 0 Å². The number of carbonyl (C=O) groups excluding carboxylic acids is 1. The fourth-order valence-electron chi connectivity index (χ4n) is 2.65. The van der Waals surface area contributed by atoms with Gasteiger partial charge in [-0.15, -0.1) is 0 Å². The predicted octanol–water partition coefficient (Wildman–Crippen LogP) is 1.77. The van der Waals surface area contributed by atoms with Crippen LogP contribution in [0.5, 0.6) is 0 Å². The van der Waals surface area contributed by atoms with E-state index in [0.29, 0.717) is 33.4 Å². The quantitative estimate of drug-likeness (QED) is 0.526. The van der Waals surface area contributed by atoms with Gasteiger partial charge in [0.2, 0.25) is 5.91 Å². The predicted molar refractivity (Wildman–Crippen MR) is 93.2 cm³/mol. The standard InChI is InChI=1S/C17H14N6O2/c24-15(19-12-6-3-7-13-16(12)22-23-21-13)9-8-14-17(25)20-11-5-2-1-4-10(11)18-14/h1-7H,8-9H2,(H,19,24)(H,20,25)(H,21,22,23). The lowest BCUT2D eigenvalue weighted by atomic mass is 10.2. The first-order valence-corrected chi connectivity index (χ1v) is 7.78. The van der Waals surface area contributed by atoms with Crippen LogP contribution in [0.4, 0.5) is 5.69 Å². The maximum Gasteiger partial charge on any atom is 0.270 e. The highest BCUT2D eigenvalue weighted by Crippen LogP contribution is 2.19. The number of nitrogens with one attached hydrogen (secondary N) is 3. The van der Waals surface area contributed by atoms with Crippen LogP contribution in [-0.2, 0) is 11.2 Å². The molecule has 2 heterocycles. The van der Waals surface area contributed by atoms with Crippen LogP contribution in [-0.4, -0.2) is 31.3 Å². The number of hydrogen-bond donors (Lipinski definition) is 3. The summed E-state index contributed by atoms with van der Waals surface area (Å²) < 4.78 is 0. The fraction of sp³-hybridized carbons (Fsp3) is 0.118. The second-order valence-corrected chi connectivity index (χ2v) is 5.57. The molecule has 2 aromatic carbocycles. The molecular formula is C17H14N6O2. The zero-order chi connectivity index (χ0) is 17.2. The summed E-state index contributed by atoms with van der Waals surface area (Å²) in [4.78, 5) is 31.4. The highest BCUT2D eigenvalue weighted by Gasteiger charge is 2.11. The molecule has 0 unspecified atom stereocenters. The normalized spacial score (nSPS) is 11.0. The minimum atomic E-state index is -0.273. The summed E-state index contributed by atoms with van der Waals surface area (Å²) in [5.41, 5.74) is 3.29. The number of aromatic nitrogens is 5. The van der Waals surface area contributed by atoms with Gasteiger partial charge in [-0.05, 0) is 24.3 Å². The average molecular weight is 334 g/mol. The van der Waals surface area contributed by atoms with Gasteiger partial charge in [-0.2, -0.15) is 15.4 Å². The maximum absolute atomic E-state index is 12.2. The molecule has 0 saturated carbocycles. The van der Waals surface area contributed by atoms with Crippen LogP contribution in [0.1, 0.15) is 12.1 Å². The second kappa shape index (κ2) is 6.16. The van der Waals surface area contributed by atoms with Crippen molar-refractivity contribution in [1.82, 2.24) is 25.4 Å². The minimum absolute atomic E-state index is 0.142. The first-order valence-electron chi connectivity index (χ1n) is 7.78. The number of aryl methyl sites for hydroxylation is 1. The molecule has 1 amide bonds. The third-order valence-corrected chi connectivity index (χ3v) is 3.88. The molecule has 0 bridgehead atoms. The molecule has 4 rings (SSSR count). The number of aromatic amines is 2. The van der Waals surface area contributed by atoms with Crippen LogP contribution in [0.15, 0.2) is 47.3 Å². The summed E-state index contributed by atoms with van der Waals surface area (Å²) in [7, 11) is 0. The molecule has 8 nitrogen and oxygen atoms in total. The van der Waals surface area contributed by atoms with E-state index in [2.05, 4.69) is 30.7 Å². The molecule has 0 saturated heterocycles. The Bertz CT molecular complexity index is 1130. The Morgan fingerprint density at radius 3 is 2.80 bits per heavy atom. The van der Waals surface area contributed by atoms with Crippen LogP contribution in [0.2, 0.25) is 0 Å². The van der Waals surface area contributed by atoms with Gasteiger partial charge in [-0.25, -0.2) is 4.98 Å². The Morgan fingerprint density at radius 2 is 1.88 bits per heavy atom. The van der Waals surface area contributed by atoms with Crippen molar-refractivity contribution in [3.8, 4) is 0 Å². The molecule has 25 heavy (non-hydrogen) atoms. The van der Waals surface area contributed by atoms with Crippen LogP contribution in [0.3, 0.4) is 0 Å². The molecule has 0 aliphatic heterocycles. The molecule has 0 fully saturated rings. The average Bonchev–Trinajstić information content (AvgIpc) is 3.10. The molecule has 0 radical (unpaired) electrons. The Hall–Kier alpha value is -3.55. The van der Waals surface area contributed by atoms with Crippen molar-refractivity contribution in [2.45, 2.75) is 12.8 Å². The van der Waals surface area contributed by atoms with Gasteiger partial charge in [0, 0.05) is 12.8 Å². The zero-order valence-corrected chi connectivity index (χ0v) is 13.1. The minimum Gasteiger partial charge on any atom is -0.324 e. The molecule has 2 aromatic heterocycles. The summed E-state index contributed by atoms with van der Waals surface area (Å²) in [6.07, 6.45) is 0.392. The molecular weight excluding hydrogens is 320 g/mol. The van der Waals surface area contributed by atoms with E-state index >= 15 is 0 Å². The first kappa shape index (κ1) is 15.0. The third kappa shape index (κ3) is 2.97. The van der Waals surface area contributed by atoms with Crippen LogP contribution >= 0.6 is 0 Å². The Morgan fingerprint density at radius 1 is 1.04 bits per heavy atom. The molecule has 4 aromatic rings. The van der Waals surface area contributed by atoms with Gasteiger partial charge >= 0.3 is 0 Å². The lowest BCUT2D eigenvalue weighted by Crippen LogP contribution is -2.19. The number of nitrogens with zero attached hydrogens (tertiary/aromatic N) is 3. The van der Waals surface area contributed by atoms with Crippen molar-refractivity contribution in [3.63, 3.8) is 0 Å². The lowest BCUT2D eigenvalue weighted by Gasteiger charge is -2.05. The van der Waals surface area contributed by atoms with Crippen LogP contribution in [0, 0.1) is 0 Å². The largest absolute Gasteiger partial charge is 0.324 e. The van der Waals surface area contributed by atoms with Crippen molar-refractivity contribution in [2.75, 3.05) is 5.32 Å². The summed E-state index contributed by atoms with van der Waals surface area (Å²) in [6.45, 7) is 0. The van der Waals surface area contributed by atoms with Gasteiger partial charge < -0.3 is 10.3 Å². The third-order valence-electron chi connectivity index (χ3n) is 3.88. The fourth-order valence-corrected chi connectivity index (χ4v) is 2.65. The van der Waals surface area contributed by atoms with Gasteiger partial charge in [0.05, 0.1) is 16.7 Å². The SMILES string of the molecule is O=C(CCc1nc2ccccc2[nH]c1=O)Nc1cccc2n[nH]nc12. The highest BCUT2D eigenvalue weighted by atomic mass is 16.1. The number of rotatable bonds is 4. The molecule has 8 heteroatoms. The molecule has 0 atom stereocenters. The Balaban J connectivity index is 1.49. The van der Waals surface area contributed by atoms with Crippen LogP contribution in [0.25, 0.3) is 22.1 Å². The molecule has 0 spiro atoms. The van der Waals surface area contributed by atoms with E-state index in [0.717, 1.165) is 0 Å². The van der Waals surface area contributed by atoms with E-state index in [4.69, 9.17) is 0 Å². The zero-order valence-electron chi connectivity index (χ0n) is 13.1. The maximum atomic E-state index is 12.2. The van der Waals surface area contributed by atoms with E-state index in [1.54, 1.807) is 24.3 Å². The van der Waals surface area contributed by atoms with Crippen LogP contribution < -0.4 is 10.9 Å². The van der Waals surface area contributed by atoms with E-state index in [-0.39, 0.29) is 24.3 Å². The smallest absolute Gasteiger partial charge is 0.270 e. The van der Waals surface area contributed by atoms with E-state index in [9.17, 15) is 9.59 Å². The molecule has 3 N–H and O–H groups in total. The number of amides is 1. The topological polar surface area (TPSA) is 116 Å². The number of H-pyrrole nitrogens is 2. The van der Waals surface area contributed by atoms with E-state index in [1.807, 2.05) is 18.2 Å². The Labute approximate surface area is 141 Å². The van der Waals surface area contributed by atoms with Crippen molar-refractivity contribution < 1.29 is 4.79 Å². The highest BCUT2D eigenvalue weighted by molar-refractivity contribution is 5.99. The van der Waals surface area contributed by atoms with Gasteiger partial charge in [0.15, 0.2) is 0 Å². The van der Waals surface area contributed by atoms with Crippen molar-refractivity contribution in [1.29, 1.82) is 0 Å². The van der Waals surface area contributed by atoms with E-state index < -0.39 is 0 Å². The lowest BCUT2D eigenvalue weighted by molar-refractivity contribution is -0.116. The second-order valence-electron chi connectivity index (χ2n) is 5.57. The van der Waals surface area contributed by atoms with Gasteiger partial charge in [-0.3, -0.25) is 9.59 Å². The molecule has 0 aliphatic carbocycles. The van der Waals surface area contributed by atoms with Crippen molar-refractivity contribution >= 4 is 33.7 Å². The number of carbonyl (C=O) groups is 1. The molecule has 124 valence electrons. The number of fused-ring (bicyclic) bond motifs is 2. The first-order chi connectivity index (χ1) is 12.2. The molecule has 0 aliphatic rings. The summed E-state index contributed by atoms with van der Waals surface area (Å²) in [5.74, 6) is -0.218. The van der Waals surface area contributed by atoms with Gasteiger partial charge in [0.25, 0.3) is 5.56 Å².